The summed E-state index contributed by atoms with van der Waals surface area (Å²) in [5, 5.41) is 18.4. The molecule has 7 heteroatoms. The molecule has 3 aromatic carbocycles. The van der Waals surface area contributed by atoms with Gasteiger partial charge in [0, 0.05) is 45.7 Å². The second-order valence-electron chi connectivity index (χ2n) is 8.82. The third-order valence-electron chi connectivity index (χ3n) is 6.54. The van der Waals surface area contributed by atoms with Crippen molar-refractivity contribution in [1.82, 2.24) is 0 Å². The number of methoxy groups -OCH3 is 1. The summed E-state index contributed by atoms with van der Waals surface area (Å²) in [6, 6.07) is 23.7. The van der Waals surface area contributed by atoms with Gasteiger partial charge in [-0.3, -0.25) is 0 Å². The van der Waals surface area contributed by atoms with E-state index in [1.54, 1.807) is 25.5 Å². The molecule has 0 bridgehead atoms. The van der Waals surface area contributed by atoms with Crippen LogP contribution in [0.15, 0.2) is 94.8 Å². The van der Waals surface area contributed by atoms with Crippen LogP contribution in [-0.4, -0.2) is 37.5 Å². The minimum atomic E-state index is -0.329. The Kier molecular flexibility index (Phi) is 9.55. The fourth-order valence-corrected chi connectivity index (χ4v) is 4.80. The molecule has 6 nitrogen and oxygen atoms in total. The first-order valence-corrected chi connectivity index (χ1v) is 12.2. The molecule has 195 valence electrons. The van der Waals surface area contributed by atoms with E-state index < -0.39 is 0 Å². The van der Waals surface area contributed by atoms with Crippen LogP contribution >= 0.6 is 0 Å². The molecule has 1 radical (unpaired) electrons. The number of anilines is 1. The zero-order chi connectivity index (χ0) is 25.5. The van der Waals surface area contributed by atoms with Crippen molar-refractivity contribution < 1.29 is 31.4 Å². The van der Waals surface area contributed by atoms with Gasteiger partial charge in [0.25, 0.3) is 0 Å². The number of benzene rings is 3. The number of aliphatic hydroxyl groups is 1. The molecule has 0 saturated heterocycles. The maximum Gasteiger partial charge on any atom is 0.238 e. The van der Waals surface area contributed by atoms with Crippen molar-refractivity contribution in [3.8, 4) is 11.5 Å². The number of ether oxygens (including phenoxy) is 2. The van der Waals surface area contributed by atoms with Gasteiger partial charge in [-0.25, -0.2) is 0 Å². The van der Waals surface area contributed by atoms with Gasteiger partial charge < -0.3 is 19.5 Å². The van der Waals surface area contributed by atoms with E-state index in [0.29, 0.717) is 12.2 Å². The summed E-state index contributed by atoms with van der Waals surface area (Å²) < 4.78 is 11.2. The van der Waals surface area contributed by atoms with Gasteiger partial charge in [-0.05, 0) is 86.9 Å². The van der Waals surface area contributed by atoms with Crippen molar-refractivity contribution >= 4 is 17.8 Å². The molecule has 1 heterocycles. The Bertz CT molecular complexity index is 1270. The van der Waals surface area contributed by atoms with Crippen LogP contribution in [0, 0.1) is 0 Å². The summed E-state index contributed by atoms with van der Waals surface area (Å²) in [4.78, 5) is 2.30. The Morgan fingerprint density at radius 1 is 1.00 bits per heavy atom. The number of nitrogens with zero attached hydrogens (tertiary/aromatic N) is 3. The fraction of sp³-hybridized carbons (Fsp3) is 0.267. The van der Waals surface area contributed by atoms with E-state index in [1.807, 2.05) is 49.4 Å². The molecule has 0 saturated carbocycles. The molecule has 0 spiro atoms. The van der Waals surface area contributed by atoms with Gasteiger partial charge in [-0.2, -0.15) is 5.10 Å². The van der Waals surface area contributed by atoms with E-state index >= 15 is 0 Å². The maximum absolute atomic E-state index is 10.2. The van der Waals surface area contributed by atoms with Gasteiger partial charge in [-0.15, -0.1) is 5.10 Å². The van der Waals surface area contributed by atoms with Crippen molar-refractivity contribution in [2.45, 2.75) is 32.6 Å². The summed E-state index contributed by atoms with van der Waals surface area (Å²) in [7, 11) is 1.69. The molecule has 3 aromatic rings. The molecular weight excluding hydrogens is 509 g/mol. The van der Waals surface area contributed by atoms with Gasteiger partial charge in [0.15, 0.2) is 0 Å². The average Bonchev–Trinajstić information content (AvgIpc) is 3.14. The van der Waals surface area contributed by atoms with Gasteiger partial charge in [-0.1, -0.05) is 30.3 Å². The molecule has 0 fully saturated rings. The van der Waals surface area contributed by atoms with Crippen molar-refractivity contribution in [3.63, 3.8) is 0 Å². The summed E-state index contributed by atoms with van der Waals surface area (Å²) >= 11 is 0. The molecular formula is C30H33CoN3O3. The average molecular weight is 543 g/mol. The molecule has 0 aromatic heterocycles. The molecule has 1 aliphatic heterocycles. The van der Waals surface area contributed by atoms with Crippen molar-refractivity contribution in [2.75, 3.05) is 25.2 Å². The summed E-state index contributed by atoms with van der Waals surface area (Å²) in [6.45, 7) is 7.82. The first-order valence-electron chi connectivity index (χ1n) is 12.2. The van der Waals surface area contributed by atoms with E-state index in [2.05, 4.69) is 53.2 Å². The number of rotatable bonds is 9. The molecule has 1 N–H and O–H groups in total. The summed E-state index contributed by atoms with van der Waals surface area (Å²) in [6.07, 6.45) is 4.43. The SMILES string of the molecule is CCOc1ccc(CC2(C)/C(=C/C=N/N=C(\O)c3ccccc3)N(CC)c3ccc(OC)cc32)cc1.[Co]. The van der Waals surface area contributed by atoms with Crippen LogP contribution in [0.5, 0.6) is 11.5 Å². The van der Waals surface area contributed by atoms with Crippen LogP contribution < -0.4 is 14.4 Å². The quantitative estimate of drug-likeness (QED) is 0.196. The third kappa shape index (κ3) is 6.06. The van der Waals surface area contributed by atoms with Crippen molar-refractivity contribution in [3.05, 3.63) is 101 Å². The van der Waals surface area contributed by atoms with E-state index in [9.17, 15) is 5.11 Å². The van der Waals surface area contributed by atoms with Gasteiger partial charge in [0.05, 0.1) is 19.9 Å². The van der Waals surface area contributed by atoms with Crippen molar-refractivity contribution in [2.24, 2.45) is 10.2 Å². The van der Waals surface area contributed by atoms with Crippen molar-refractivity contribution in [1.29, 1.82) is 0 Å². The smallest absolute Gasteiger partial charge is 0.238 e. The number of hydrogen-bond acceptors (Lipinski definition) is 5. The number of likely N-dealkylation sites (N-methyl/N-ethyl adjacent to an activating group) is 1. The zero-order valence-electron chi connectivity index (χ0n) is 21.6. The van der Waals surface area contributed by atoms with Gasteiger partial charge >= 0.3 is 0 Å². The molecule has 1 atom stereocenters. The second-order valence-corrected chi connectivity index (χ2v) is 8.82. The Hall–Kier alpha value is -3.55. The minimum Gasteiger partial charge on any atom is -0.497 e. The Morgan fingerprint density at radius 2 is 1.70 bits per heavy atom. The second kappa shape index (κ2) is 12.6. The fourth-order valence-electron chi connectivity index (χ4n) is 4.80. The molecule has 1 unspecified atom stereocenters. The van der Waals surface area contributed by atoms with Gasteiger partial charge in [0.2, 0.25) is 5.90 Å². The topological polar surface area (TPSA) is 66.7 Å². The Morgan fingerprint density at radius 3 is 2.35 bits per heavy atom. The minimum absolute atomic E-state index is 0. The van der Waals surface area contributed by atoms with Gasteiger partial charge in [0.1, 0.15) is 11.5 Å². The monoisotopic (exact) mass is 542 g/mol. The van der Waals surface area contributed by atoms with Crippen LogP contribution in [0.25, 0.3) is 0 Å². The first kappa shape index (κ1) is 28.0. The Labute approximate surface area is 229 Å². The predicted molar refractivity (Wildman–Crippen MR) is 147 cm³/mol. The van der Waals surface area contributed by atoms with Crippen LogP contribution in [0.2, 0.25) is 0 Å². The van der Waals surface area contributed by atoms with Crippen LogP contribution in [0.3, 0.4) is 0 Å². The standard InChI is InChI=1S/C30H33N3O3.Co/c1-5-33-27-17-16-25(35-4)20-26(27)30(3,21-22-12-14-24(15-13-22)36-6-2)28(33)18-19-31-32-29(34)23-10-8-7-9-11-23;/h7-20H,5-6,21H2,1-4H3,(H,32,34);/b28-18-,31-19+;. The summed E-state index contributed by atoms with van der Waals surface area (Å²) in [5.41, 5.74) is 4.97. The van der Waals surface area contributed by atoms with E-state index in [4.69, 9.17) is 9.47 Å². The van der Waals surface area contributed by atoms with Crippen LogP contribution in [-0.2, 0) is 28.6 Å². The number of hydrogen-bond donors (Lipinski definition) is 1. The largest absolute Gasteiger partial charge is 0.497 e. The number of aliphatic hydroxyl groups excluding tert-OH is 1. The maximum atomic E-state index is 10.2. The molecule has 0 aliphatic carbocycles. The summed E-state index contributed by atoms with van der Waals surface area (Å²) in [5.74, 6) is 1.58. The predicted octanol–water partition coefficient (Wildman–Crippen LogP) is 6.31. The number of allylic oxidation sites excluding steroid dienone is 2. The van der Waals surface area contributed by atoms with Crippen LogP contribution in [0.1, 0.15) is 37.5 Å². The zero-order valence-corrected chi connectivity index (χ0v) is 22.7. The van der Waals surface area contributed by atoms with E-state index in [0.717, 1.165) is 35.8 Å². The van der Waals surface area contributed by atoms with E-state index in [1.165, 1.54) is 11.1 Å². The molecule has 1 aliphatic rings. The first-order chi connectivity index (χ1) is 17.5. The normalized spacial score (nSPS) is 18.1. The molecule has 4 rings (SSSR count). The third-order valence-corrected chi connectivity index (χ3v) is 6.54. The molecule has 37 heavy (non-hydrogen) atoms. The van der Waals surface area contributed by atoms with Crippen LogP contribution in [0.4, 0.5) is 5.69 Å². The Balaban J connectivity index is 0.00000380. The molecule has 0 amide bonds. The van der Waals surface area contributed by atoms with E-state index in [-0.39, 0.29) is 28.1 Å². The number of fused-ring (bicyclic) bond motifs is 1.